The van der Waals surface area contributed by atoms with E-state index in [0.717, 1.165) is 0 Å². The fourth-order valence-corrected chi connectivity index (χ4v) is 1.99. The molecular weight excluding hydrogens is 214 g/mol. The summed E-state index contributed by atoms with van der Waals surface area (Å²) < 4.78 is 28.6. The van der Waals surface area contributed by atoms with Crippen molar-refractivity contribution in [1.29, 1.82) is 0 Å². The zero-order valence-electron chi connectivity index (χ0n) is 7.57. The number of methoxy groups -OCH3 is 1. The minimum atomic E-state index is -3.35. The Balaban J connectivity index is 4.32. The summed E-state index contributed by atoms with van der Waals surface area (Å²) in [7, 11) is -1.83. The smallest absolute Gasteiger partial charge is 0.228 e. The first-order valence-electron chi connectivity index (χ1n) is 3.72. The van der Waals surface area contributed by atoms with Crippen LogP contribution in [0.2, 0.25) is 0 Å². The van der Waals surface area contributed by atoms with E-state index >= 15 is 0 Å². The van der Waals surface area contributed by atoms with Crippen molar-refractivity contribution in [2.75, 3.05) is 32.0 Å². The molecule has 0 fully saturated rings. The Labute approximate surface area is 84.2 Å². The molecule has 0 atom stereocenters. The third-order valence-electron chi connectivity index (χ3n) is 1.41. The van der Waals surface area contributed by atoms with Crippen LogP contribution in [-0.4, -0.2) is 44.7 Å². The van der Waals surface area contributed by atoms with Crippen molar-refractivity contribution < 1.29 is 13.2 Å². The van der Waals surface area contributed by atoms with Gasteiger partial charge in [0.2, 0.25) is 10.0 Å². The van der Waals surface area contributed by atoms with Gasteiger partial charge in [-0.25, -0.2) is 8.42 Å². The van der Waals surface area contributed by atoms with Crippen molar-refractivity contribution in [2.24, 2.45) is 0 Å². The van der Waals surface area contributed by atoms with Gasteiger partial charge in [-0.05, 0) is 0 Å². The maximum absolute atomic E-state index is 11.3. The van der Waals surface area contributed by atoms with E-state index in [2.05, 4.69) is 6.58 Å². The molecule has 4 nitrogen and oxygen atoms in total. The quantitative estimate of drug-likeness (QED) is 0.474. The van der Waals surface area contributed by atoms with Crippen molar-refractivity contribution >= 4 is 21.6 Å². The lowest BCUT2D eigenvalue weighted by Gasteiger charge is -2.18. The van der Waals surface area contributed by atoms with Crippen LogP contribution in [0.3, 0.4) is 0 Å². The van der Waals surface area contributed by atoms with E-state index in [4.69, 9.17) is 16.3 Å². The Morgan fingerprint density at radius 2 is 2.23 bits per heavy atom. The lowest BCUT2D eigenvalue weighted by molar-refractivity contribution is 0.182. The molecule has 0 aliphatic rings. The molecule has 0 unspecified atom stereocenters. The minimum Gasteiger partial charge on any atom is -0.383 e. The van der Waals surface area contributed by atoms with Crippen LogP contribution in [0.5, 0.6) is 0 Å². The van der Waals surface area contributed by atoms with Gasteiger partial charge in [-0.1, -0.05) is 6.08 Å². The first kappa shape index (κ1) is 12.9. The van der Waals surface area contributed by atoms with Crippen molar-refractivity contribution in [3.05, 3.63) is 12.7 Å². The Morgan fingerprint density at radius 1 is 1.62 bits per heavy atom. The summed E-state index contributed by atoms with van der Waals surface area (Å²) in [5.41, 5.74) is 0. The number of alkyl halides is 1. The van der Waals surface area contributed by atoms with Crippen LogP contribution in [0.4, 0.5) is 0 Å². The van der Waals surface area contributed by atoms with E-state index in [1.165, 1.54) is 17.5 Å². The molecule has 0 aromatic rings. The fraction of sp³-hybridized carbons (Fsp3) is 0.714. The van der Waals surface area contributed by atoms with Crippen molar-refractivity contribution in [3.8, 4) is 0 Å². The van der Waals surface area contributed by atoms with Gasteiger partial charge in [0.15, 0.2) is 0 Å². The molecule has 13 heavy (non-hydrogen) atoms. The molecule has 0 rings (SSSR count). The summed E-state index contributed by atoms with van der Waals surface area (Å²) in [5, 5.41) is -0.412. The first-order chi connectivity index (χ1) is 6.08. The van der Waals surface area contributed by atoms with Crippen molar-refractivity contribution in [3.63, 3.8) is 0 Å². The summed E-state index contributed by atoms with van der Waals surface area (Å²) >= 11 is 5.30. The summed E-state index contributed by atoms with van der Waals surface area (Å²) in [4.78, 5) is 0. The summed E-state index contributed by atoms with van der Waals surface area (Å²) in [6, 6.07) is 0. The molecule has 0 spiro atoms. The van der Waals surface area contributed by atoms with E-state index in [0.29, 0.717) is 13.2 Å². The van der Waals surface area contributed by atoms with E-state index in [9.17, 15) is 8.42 Å². The molecule has 0 radical (unpaired) electrons. The Morgan fingerprint density at radius 3 is 2.62 bits per heavy atom. The van der Waals surface area contributed by atoms with Crippen LogP contribution in [0.25, 0.3) is 0 Å². The van der Waals surface area contributed by atoms with Gasteiger partial charge in [-0.15, -0.1) is 18.2 Å². The molecule has 0 aromatic carbocycles. The van der Waals surface area contributed by atoms with Crippen LogP contribution in [0, 0.1) is 0 Å². The summed E-state index contributed by atoms with van der Waals surface area (Å²) in [6.45, 7) is 4.38. The van der Waals surface area contributed by atoms with Gasteiger partial charge < -0.3 is 4.74 Å². The van der Waals surface area contributed by atoms with E-state index in [1.54, 1.807) is 0 Å². The molecule has 6 heteroatoms. The van der Waals surface area contributed by atoms with Gasteiger partial charge in [0.05, 0.1) is 6.61 Å². The maximum atomic E-state index is 11.3. The van der Waals surface area contributed by atoms with Crippen LogP contribution < -0.4 is 0 Å². The van der Waals surface area contributed by atoms with Gasteiger partial charge in [0.1, 0.15) is 5.21 Å². The second-order valence-corrected chi connectivity index (χ2v) is 4.91. The number of sulfonamides is 1. The minimum absolute atomic E-state index is 0.262. The third kappa shape index (κ3) is 4.61. The molecule has 0 saturated carbocycles. The van der Waals surface area contributed by atoms with Crippen LogP contribution in [0.1, 0.15) is 0 Å². The Bertz CT molecular complexity index is 240. The molecule has 0 aliphatic heterocycles. The number of nitrogens with zero attached hydrogens (tertiary/aromatic N) is 1. The summed E-state index contributed by atoms with van der Waals surface area (Å²) in [6.07, 6.45) is 1.51. The highest BCUT2D eigenvalue weighted by Gasteiger charge is 2.18. The molecule has 0 amide bonds. The van der Waals surface area contributed by atoms with Crippen molar-refractivity contribution in [2.45, 2.75) is 0 Å². The van der Waals surface area contributed by atoms with E-state index < -0.39 is 15.2 Å². The first-order valence-corrected chi connectivity index (χ1v) is 5.86. The van der Waals surface area contributed by atoms with Gasteiger partial charge in [-0.2, -0.15) is 4.31 Å². The van der Waals surface area contributed by atoms with Gasteiger partial charge in [-0.3, -0.25) is 0 Å². The van der Waals surface area contributed by atoms with Gasteiger partial charge >= 0.3 is 0 Å². The van der Waals surface area contributed by atoms with Crippen LogP contribution in [-0.2, 0) is 14.8 Å². The molecule has 0 aliphatic carbocycles. The highest BCUT2D eigenvalue weighted by atomic mass is 35.5. The number of rotatable bonds is 7. The molecule has 0 saturated heterocycles. The average molecular weight is 228 g/mol. The number of hydrogen-bond acceptors (Lipinski definition) is 3. The Kier molecular flexibility index (Phi) is 6.32. The lowest BCUT2D eigenvalue weighted by atomic mass is 10.6. The zero-order valence-corrected chi connectivity index (χ0v) is 9.14. The maximum Gasteiger partial charge on any atom is 0.228 e. The van der Waals surface area contributed by atoms with Gasteiger partial charge in [0, 0.05) is 20.2 Å². The second-order valence-electron chi connectivity index (χ2n) is 2.36. The topological polar surface area (TPSA) is 46.6 Å². The SMILES string of the molecule is C=CCN(CCOC)S(=O)(=O)CCl. The van der Waals surface area contributed by atoms with Crippen molar-refractivity contribution in [1.82, 2.24) is 4.31 Å². The highest BCUT2D eigenvalue weighted by Crippen LogP contribution is 2.03. The van der Waals surface area contributed by atoms with Crippen LogP contribution >= 0.6 is 11.6 Å². The third-order valence-corrected chi connectivity index (χ3v) is 3.63. The number of halogens is 1. The predicted molar refractivity (Wildman–Crippen MR) is 53.3 cm³/mol. The predicted octanol–water partition coefficient (Wildman–Crippen LogP) is 0.647. The molecule has 78 valence electrons. The molecule has 0 aromatic heterocycles. The Hall–Kier alpha value is -0.100. The molecule has 0 bridgehead atoms. The zero-order chi connectivity index (χ0) is 10.3. The number of hydrogen-bond donors (Lipinski definition) is 0. The monoisotopic (exact) mass is 227 g/mol. The lowest BCUT2D eigenvalue weighted by Crippen LogP contribution is -2.34. The van der Waals surface area contributed by atoms with E-state index in [-0.39, 0.29) is 6.54 Å². The number of ether oxygens (including phenoxy) is 1. The van der Waals surface area contributed by atoms with Crippen LogP contribution in [0.15, 0.2) is 12.7 Å². The highest BCUT2D eigenvalue weighted by molar-refractivity contribution is 7.90. The average Bonchev–Trinajstić information content (AvgIpc) is 2.12. The fourth-order valence-electron chi connectivity index (χ4n) is 0.750. The normalized spacial score (nSPS) is 11.9. The molecule has 0 N–H and O–H groups in total. The van der Waals surface area contributed by atoms with Gasteiger partial charge in [0.25, 0.3) is 0 Å². The molecule has 0 heterocycles. The standard InChI is InChI=1S/C7H14ClNO3S/c1-3-4-9(5-6-12-2)13(10,11)7-8/h3H,1,4-7H2,2H3. The van der Waals surface area contributed by atoms with E-state index in [1.807, 2.05) is 0 Å². The summed E-state index contributed by atoms with van der Waals surface area (Å²) in [5.74, 6) is 0. The second kappa shape index (κ2) is 6.37. The largest absolute Gasteiger partial charge is 0.383 e. The molecular formula is C7H14ClNO3S.